The Labute approximate surface area is 169 Å². The van der Waals surface area contributed by atoms with Gasteiger partial charge in [-0.3, -0.25) is 14.4 Å². The number of rotatable bonds is 4. The van der Waals surface area contributed by atoms with Gasteiger partial charge in [0.15, 0.2) is 5.69 Å². The lowest BCUT2D eigenvalue weighted by Crippen LogP contribution is -2.48. The summed E-state index contributed by atoms with van der Waals surface area (Å²) in [7, 11) is 0. The Morgan fingerprint density at radius 1 is 1.11 bits per heavy atom. The van der Waals surface area contributed by atoms with Gasteiger partial charge < -0.3 is 4.90 Å². The third-order valence-electron chi connectivity index (χ3n) is 5.50. The highest BCUT2D eigenvalue weighted by Gasteiger charge is 2.28. The Balaban J connectivity index is 1.66. The van der Waals surface area contributed by atoms with Crippen molar-refractivity contribution >= 4 is 5.91 Å². The summed E-state index contributed by atoms with van der Waals surface area (Å²) in [5.74, 6) is 0.389. The highest BCUT2D eigenvalue weighted by Crippen LogP contribution is 2.24. The van der Waals surface area contributed by atoms with Crippen molar-refractivity contribution in [3.8, 4) is 0 Å². The molecular formula is C23H34N4O. The quantitative estimate of drug-likeness (QED) is 0.802. The number of aryl methyl sites for hydroxylation is 1. The Bertz CT molecular complexity index is 823. The van der Waals surface area contributed by atoms with E-state index in [1.165, 1.54) is 11.1 Å². The second-order valence-corrected chi connectivity index (χ2v) is 9.19. The monoisotopic (exact) mass is 382 g/mol. The Morgan fingerprint density at radius 2 is 1.75 bits per heavy atom. The number of amides is 1. The van der Waals surface area contributed by atoms with Crippen LogP contribution in [0, 0.1) is 6.92 Å². The number of hydrogen-bond donors (Lipinski definition) is 0. The molecule has 0 radical (unpaired) electrons. The molecule has 0 unspecified atom stereocenters. The lowest BCUT2D eigenvalue weighted by Gasteiger charge is -2.34. The highest BCUT2D eigenvalue weighted by molar-refractivity contribution is 5.92. The van der Waals surface area contributed by atoms with Gasteiger partial charge in [0, 0.05) is 38.4 Å². The molecule has 2 aromatic rings. The minimum atomic E-state index is -0.135. The van der Waals surface area contributed by atoms with Crippen molar-refractivity contribution in [1.82, 2.24) is 19.6 Å². The van der Waals surface area contributed by atoms with E-state index in [2.05, 4.69) is 75.8 Å². The van der Waals surface area contributed by atoms with Crippen LogP contribution in [0.25, 0.3) is 0 Å². The van der Waals surface area contributed by atoms with E-state index >= 15 is 0 Å². The van der Waals surface area contributed by atoms with E-state index in [0.29, 0.717) is 11.6 Å². The first-order chi connectivity index (χ1) is 13.2. The summed E-state index contributed by atoms with van der Waals surface area (Å²) in [6, 6.07) is 10.5. The van der Waals surface area contributed by atoms with E-state index in [-0.39, 0.29) is 11.4 Å². The maximum absolute atomic E-state index is 13.1. The van der Waals surface area contributed by atoms with Gasteiger partial charge in [0.1, 0.15) is 0 Å². The molecule has 1 aromatic carbocycles. The lowest BCUT2D eigenvalue weighted by molar-refractivity contribution is 0.0621. The molecule has 0 atom stereocenters. The molecule has 0 spiro atoms. The maximum Gasteiger partial charge on any atom is 0.274 e. The second-order valence-electron chi connectivity index (χ2n) is 9.19. The summed E-state index contributed by atoms with van der Waals surface area (Å²) in [5.41, 5.74) is 4.26. The van der Waals surface area contributed by atoms with Gasteiger partial charge in [-0.25, -0.2) is 0 Å². The van der Waals surface area contributed by atoms with Crippen LogP contribution in [0.2, 0.25) is 0 Å². The minimum Gasteiger partial charge on any atom is -0.335 e. The van der Waals surface area contributed by atoms with Crippen LogP contribution >= 0.6 is 0 Å². The van der Waals surface area contributed by atoms with E-state index in [9.17, 15) is 4.79 Å². The van der Waals surface area contributed by atoms with Gasteiger partial charge in [-0.2, -0.15) is 5.10 Å². The molecule has 0 saturated carbocycles. The zero-order chi connectivity index (χ0) is 20.5. The summed E-state index contributed by atoms with van der Waals surface area (Å²) < 4.78 is 2.01. The lowest BCUT2D eigenvalue weighted by atomic mass is 10.1. The standard InChI is InChI=1S/C23H34N4O/c1-17(2)21-15-20(24-27(21)23(4,5)6)22(28)26-13-11-25(12-14-26)16-19-10-8-7-9-18(19)3/h7-10,15,17H,11-14,16H2,1-6H3. The number of aromatic nitrogens is 2. The van der Waals surface area contributed by atoms with Crippen LogP contribution < -0.4 is 0 Å². The van der Waals surface area contributed by atoms with E-state index in [1.807, 2.05) is 15.6 Å². The first kappa shape index (κ1) is 20.6. The number of piperazine rings is 1. The van der Waals surface area contributed by atoms with Gasteiger partial charge in [-0.1, -0.05) is 38.1 Å². The first-order valence-electron chi connectivity index (χ1n) is 10.3. The average Bonchev–Trinajstić information content (AvgIpc) is 3.10. The molecule has 1 aromatic heterocycles. The van der Waals surface area contributed by atoms with Crippen LogP contribution in [0.3, 0.4) is 0 Å². The van der Waals surface area contributed by atoms with Crippen molar-refractivity contribution in [3.05, 3.63) is 52.8 Å². The summed E-state index contributed by atoms with van der Waals surface area (Å²) in [4.78, 5) is 17.4. The molecule has 5 heteroatoms. The smallest absolute Gasteiger partial charge is 0.274 e. The highest BCUT2D eigenvalue weighted by atomic mass is 16.2. The minimum absolute atomic E-state index is 0.0560. The van der Waals surface area contributed by atoms with Gasteiger partial charge in [-0.05, 0) is 50.8 Å². The summed E-state index contributed by atoms with van der Waals surface area (Å²) in [6.07, 6.45) is 0. The maximum atomic E-state index is 13.1. The molecule has 0 N–H and O–H groups in total. The third kappa shape index (κ3) is 4.46. The van der Waals surface area contributed by atoms with Gasteiger partial charge in [-0.15, -0.1) is 0 Å². The van der Waals surface area contributed by atoms with E-state index in [4.69, 9.17) is 0 Å². The zero-order valence-electron chi connectivity index (χ0n) is 18.2. The Hall–Kier alpha value is -2.14. The van der Waals surface area contributed by atoms with E-state index in [0.717, 1.165) is 38.4 Å². The fraction of sp³-hybridized carbons (Fsp3) is 0.565. The van der Waals surface area contributed by atoms with Crippen LogP contribution in [0.15, 0.2) is 30.3 Å². The Morgan fingerprint density at radius 3 is 2.29 bits per heavy atom. The molecule has 1 saturated heterocycles. The van der Waals surface area contributed by atoms with Crippen molar-refractivity contribution in [2.24, 2.45) is 0 Å². The second kappa shape index (κ2) is 8.08. The molecule has 0 aliphatic carbocycles. The van der Waals surface area contributed by atoms with E-state index in [1.54, 1.807) is 0 Å². The van der Waals surface area contributed by atoms with Crippen molar-refractivity contribution in [1.29, 1.82) is 0 Å². The van der Waals surface area contributed by atoms with Crippen LogP contribution in [0.5, 0.6) is 0 Å². The largest absolute Gasteiger partial charge is 0.335 e. The summed E-state index contributed by atoms with van der Waals surface area (Å²) >= 11 is 0. The molecule has 5 nitrogen and oxygen atoms in total. The normalized spacial score (nSPS) is 16.0. The number of benzene rings is 1. The van der Waals surface area contributed by atoms with Gasteiger partial charge in [0.05, 0.1) is 5.54 Å². The van der Waals surface area contributed by atoms with Crippen molar-refractivity contribution in [2.45, 2.75) is 59.5 Å². The molecule has 1 aliphatic heterocycles. The SMILES string of the molecule is Cc1ccccc1CN1CCN(C(=O)c2cc(C(C)C)n(C(C)(C)C)n2)CC1. The third-order valence-corrected chi connectivity index (χ3v) is 5.50. The molecule has 2 heterocycles. The molecule has 28 heavy (non-hydrogen) atoms. The van der Waals surface area contributed by atoms with Crippen molar-refractivity contribution in [3.63, 3.8) is 0 Å². The van der Waals surface area contributed by atoms with Crippen LogP contribution in [0.4, 0.5) is 0 Å². The topological polar surface area (TPSA) is 41.4 Å². The van der Waals surface area contributed by atoms with Crippen LogP contribution in [-0.2, 0) is 12.1 Å². The van der Waals surface area contributed by atoms with Crippen molar-refractivity contribution in [2.75, 3.05) is 26.2 Å². The van der Waals surface area contributed by atoms with Crippen molar-refractivity contribution < 1.29 is 4.79 Å². The number of carbonyl (C=O) groups excluding carboxylic acids is 1. The van der Waals surface area contributed by atoms with Crippen LogP contribution in [0.1, 0.15) is 67.8 Å². The van der Waals surface area contributed by atoms with Gasteiger partial charge in [0.2, 0.25) is 0 Å². The summed E-state index contributed by atoms with van der Waals surface area (Å²) in [6.45, 7) is 17.1. The zero-order valence-corrected chi connectivity index (χ0v) is 18.2. The fourth-order valence-electron chi connectivity index (χ4n) is 3.75. The number of hydrogen-bond acceptors (Lipinski definition) is 3. The van der Waals surface area contributed by atoms with Crippen LogP contribution in [-0.4, -0.2) is 51.7 Å². The molecular weight excluding hydrogens is 348 g/mol. The number of carbonyl (C=O) groups is 1. The van der Waals surface area contributed by atoms with E-state index < -0.39 is 0 Å². The summed E-state index contributed by atoms with van der Waals surface area (Å²) in [5, 5.41) is 4.69. The first-order valence-corrected chi connectivity index (χ1v) is 10.3. The predicted molar refractivity (Wildman–Crippen MR) is 114 cm³/mol. The van der Waals surface area contributed by atoms with Gasteiger partial charge in [0.25, 0.3) is 5.91 Å². The molecule has 1 amide bonds. The fourth-order valence-corrected chi connectivity index (χ4v) is 3.75. The Kier molecular flexibility index (Phi) is 5.94. The molecule has 3 rings (SSSR count). The van der Waals surface area contributed by atoms with Gasteiger partial charge >= 0.3 is 0 Å². The average molecular weight is 383 g/mol. The molecule has 152 valence electrons. The predicted octanol–water partition coefficient (Wildman–Crippen LogP) is 4.03. The molecule has 0 bridgehead atoms. The number of nitrogens with zero attached hydrogens (tertiary/aromatic N) is 4. The molecule has 1 fully saturated rings. The molecule has 1 aliphatic rings.